The first-order chi connectivity index (χ1) is 4.65. The van der Waals surface area contributed by atoms with Gasteiger partial charge in [-0.15, -0.1) is 0 Å². The molecule has 3 nitrogen and oxygen atoms in total. The Hall–Kier alpha value is -0.410. The van der Waals surface area contributed by atoms with Crippen molar-refractivity contribution in [3.05, 3.63) is 0 Å². The molecule has 0 N–H and O–H groups in total. The van der Waals surface area contributed by atoms with Crippen LogP contribution in [0.1, 0.15) is 20.3 Å². The Bertz CT molecular complexity index is 136. The van der Waals surface area contributed by atoms with Gasteiger partial charge in [0.05, 0.1) is 13.2 Å². The van der Waals surface area contributed by atoms with Crippen LogP contribution in [0.4, 0.5) is 0 Å². The quantitative estimate of drug-likeness (QED) is 0.544. The standard InChI is InChI=1S/C7H12O3/c1-6(8)7(2)9-4-3-5-10-7/h3-5H2,1-2H3. The molecule has 0 aromatic carbocycles. The lowest BCUT2D eigenvalue weighted by molar-refractivity contribution is -0.242. The van der Waals surface area contributed by atoms with Crippen LogP contribution in [-0.2, 0) is 14.3 Å². The number of carbonyl (C=O) groups excluding carboxylic acids is 1. The van der Waals surface area contributed by atoms with Crippen molar-refractivity contribution in [1.82, 2.24) is 0 Å². The molecule has 0 atom stereocenters. The Morgan fingerprint density at radius 2 is 1.90 bits per heavy atom. The third-order valence-electron chi connectivity index (χ3n) is 1.68. The Morgan fingerprint density at radius 3 is 2.20 bits per heavy atom. The molecule has 1 heterocycles. The fourth-order valence-corrected chi connectivity index (χ4v) is 0.838. The average Bonchev–Trinajstić information content (AvgIpc) is 1.89. The van der Waals surface area contributed by atoms with Gasteiger partial charge in [-0.1, -0.05) is 0 Å². The number of hydrogen-bond donors (Lipinski definition) is 0. The highest BCUT2D eigenvalue weighted by Gasteiger charge is 2.33. The lowest BCUT2D eigenvalue weighted by Crippen LogP contribution is -2.43. The van der Waals surface area contributed by atoms with E-state index in [0.717, 1.165) is 6.42 Å². The Kier molecular flexibility index (Phi) is 2.06. The molecule has 1 aliphatic rings. The zero-order chi connectivity index (χ0) is 7.61. The van der Waals surface area contributed by atoms with E-state index in [1.165, 1.54) is 6.92 Å². The number of carbonyl (C=O) groups is 1. The number of ketones is 1. The third-order valence-corrected chi connectivity index (χ3v) is 1.68. The SMILES string of the molecule is CC(=O)C1(C)OCCCO1. The summed E-state index contributed by atoms with van der Waals surface area (Å²) in [6.45, 7) is 4.38. The molecule has 0 amide bonds. The van der Waals surface area contributed by atoms with Crippen LogP contribution >= 0.6 is 0 Å². The molecular formula is C7H12O3. The van der Waals surface area contributed by atoms with Crippen LogP contribution in [-0.4, -0.2) is 24.8 Å². The molecule has 0 unspecified atom stereocenters. The van der Waals surface area contributed by atoms with Gasteiger partial charge >= 0.3 is 0 Å². The van der Waals surface area contributed by atoms with E-state index >= 15 is 0 Å². The maximum absolute atomic E-state index is 10.9. The minimum atomic E-state index is -0.960. The highest BCUT2D eigenvalue weighted by molar-refractivity contribution is 5.82. The van der Waals surface area contributed by atoms with Crippen molar-refractivity contribution in [2.45, 2.75) is 26.1 Å². The molecule has 0 aromatic heterocycles. The molecule has 1 fully saturated rings. The summed E-state index contributed by atoms with van der Waals surface area (Å²) in [5.41, 5.74) is 0. The van der Waals surface area contributed by atoms with Crippen molar-refractivity contribution in [3.63, 3.8) is 0 Å². The molecule has 0 bridgehead atoms. The maximum atomic E-state index is 10.9. The highest BCUT2D eigenvalue weighted by Crippen LogP contribution is 2.18. The van der Waals surface area contributed by atoms with Gasteiger partial charge in [-0.25, -0.2) is 0 Å². The van der Waals surface area contributed by atoms with E-state index in [2.05, 4.69) is 0 Å². The summed E-state index contributed by atoms with van der Waals surface area (Å²) in [5.74, 6) is -1.02. The van der Waals surface area contributed by atoms with Crippen LogP contribution in [0.15, 0.2) is 0 Å². The molecule has 0 aromatic rings. The van der Waals surface area contributed by atoms with Crippen LogP contribution in [0.2, 0.25) is 0 Å². The average molecular weight is 144 g/mol. The molecule has 58 valence electrons. The van der Waals surface area contributed by atoms with Crippen LogP contribution in [0.3, 0.4) is 0 Å². The molecule has 3 heteroatoms. The lowest BCUT2D eigenvalue weighted by atomic mass is 10.2. The third kappa shape index (κ3) is 1.36. The zero-order valence-corrected chi connectivity index (χ0v) is 6.35. The van der Waals surface area contributed by atoms with Crippen LogP contribution in [0.25, 0.3) is 0 Å². The van der Waals surface area contributed by atoms with Crippen LogP contribution in [0.5, 0.6) is 0 Å². The van der Waals surface area contributed by atoms with Crippen molar-refractivity contribution in [2.24, 2.45) is 0 Å². The van der Waals surface area contributed by atoms with E-state index in [0.29, 0.717) is 13.2 Å². The summed E-state index contributed by atoms with van der Waals surface area (Å²) >= 11 is 0. The van der Waals surface area contributed by atoms with E-state index in [9.17, 15) is 4.79 Å². The molecule has 1 rings (SSSR count). The summed E-state index contributed by atoms with van der Waals surface area (Å²) in [4.78, 5) is 10.9. The second-order valence-corrected chi connectivity index (χ2v) is 2.55. The predicted octanol–water partition coefficient (Wildman–Crippen LogP) is 0.728. The minimum absolute atomic E-state index is 0.0628. The van der Waals surface area contributed by atoms with Gasteiger partial charge in [0.25, 0.3) is 0 Å². The predicted molar refractivity (Wildman–Crippen MR) is 35.6 cm³/mol. The largest absolute Gasteiger partial charge is 0.344 e. The summed E-state index contributed by atoms with van der Waals surface area (Å²) < 4.78 is 10.3. The molecule has 1 aliphatic heterocycles. The smallest absolute Gasteiger partial charge is 0.225 e. The molecule has 0 radical (unpaired) electrons. The molecule has 1 saturated heterocycles. The van der Waals surface area contributed by atoms with E-state index in [1.807, 2.05) is 0 Å². The van der Waals surface area contributed by atoms with Gasteiger partial charge in [0.15, 0.2) is 5.78 Å². The molecule has 0 spiro atoms. The van der Waals surface area contributed by atoms with Crippen molar-refractivity contribution < 1.29 is 14.3 Å². The van der Waals surface area contributed by atoms with Crippen LogP contribution in [0, 0.1) is 0 Å². The van der Waals surface area contributed by atoms with Crippen molar-refractivity contribution in [2.75, 3.05) is 13.2 Å². The summed E-state index contributed by atoms with van der Waals surface area (Å²) in [6.07, 6.45) is 0.878. The molecular weight excluding hydrogens is 132 g/mol. The lowest BCUT2D eigenvalue weighted by Gasteiger charge is -2.31. The van der Waals surface area contributed by atoms with Gasteiger partial charge in [-0.3, -0.25) is 4.79 Å². The van der Waals surface area contributed by atoms with Crippen molar-refractivity contribution in [3.8, 4) is 0 Å². The van der Waals surface area contributed by atoms with Gasteiger partial charge < -0.3 is 9.47 Å². The summed E-state index contributed by atoms with van der Waals surface area (Å²) in [6, 6.07) is 0. The van der Waals surface area contributed by atoms with Gasteiger partial charge in [-0.2, -0.15) is 0 Å². The fraction of sp³-hybridized carbons (Fsp3) is 0.857. The maximum Gasteiger partial charge on any atom is 0.225 e. The number of hydrogen-bond acceptors (Lipinski definition) is 3. The van der Waals surface area contributed by atoms with E-state index in [-0.39, 0.29) is 5.78 Å². The first kappa shape index (κ1) is 7.69. The van der Waals surface area contributed by atoms with Crippen LogP contribution < -0.4 is 0 Å². The minimum Gasteiger partial charge on any atom is -0.344 e. The fourth-order valence-electron chi connectivity index (χ4n) is 0.838. The first-order valence-corrected chi connectivity index (χ1v) is 3.44. The zero-order valence-electron chi connectivity index (χ0n) is 6.35. The Labute approximate surface area is 60.3 Å². The monoisotopic (exact) mass is 144 g/mol. The van der Waals surface area contributed by atoms with Gasteiger partial charge in [0.2, 0.25) is 5.79 Å². The van der Waals surface area contributed by atoms with Gasteiger partial charge in [0, 0.05) is 6.92 Å². The van der Waals surface area contributed by atoms with Crippen molar-refractivity contribution >= 4 is 5.78 Å². The second-order valence-electron chi connectivity index (χ2n) is 2.55. The second kappa shape index (κ2) is 2.68. The van der Waals surface area contributed by atoms with E-state index in [1.54, 1.807) is 6.92 Å². The first-order valence-electron chi connectivity index (χ1n) is 3.44. The molecule has 0 aliphatic carbocycles. The Balaban J connectivity index is 2.56. The van der Waals surface area contributed by atoms with E-state index < -0.39 is 5.79 Å². The van der Waals surface area contributed by atoms with Crippen molar-refractivity contribution in [1.29, 1.82) is 0 Å². The summed E-state index contributed by atoms with van der Waals surface area (Å²) in [5, 5.41) is 0. The number of rotatable bonds is 1. The van der Waals surface area contributed by atoms with E-state index in [4.69, 9.17) is 9.47 Å². The highest BCUT2D eigenvalue weighted by atomic mass is 16.7. The summed E-state index contributed by atoms with van der Waals surface area (Å²) in [7, 11) is 0. The molecule has 10 heavy (non-hydrogen) atoms. The number of ether oxygens (including phenoxy) is 2. The van der Waals surface area contributed by atoms with Gasteiger partial charge in [-0.05, 0) is 13.3 Å². The molecule has 0 saturated carbocycles. The topological polar surface area (TPSA) is 35.5 Å². The Morgan fingerprint density at radius 1 is 1.40 bits per heavy atom. The number of Topliss-reactive ketones (excluding diaryl/α,β-unsaturated/α-hetero) is 1. The normalized spacial score (nSPS) is 24.2. The van der Waals surface area contributed by atoms with Gasteiger partial charge in [0.1, 0.15) is 0 Å².